The summed E-state index contributed by atoms with van der Waals surface area (Å²) in [7, 11) is -2.48. The van der Waals surface area contributed by atoms with Crippen molar-refractivity contribution in [1.82, 2.24) is 9.71 Å². The van der Waals surface area contributed by atoms with Crippen LogP contribution in [0.1, 0.15) is 5.69 Å². The highest BCUT2D eigenvalue weighted by Crippen LogP contribution is 2.14. The Labute approximate surface area is 89.4 Å². The number of H-pyrrole nitrogens is 1. The molecule has 0 aliphatic carbocycles. The number of thiol groups is 1. The first-order valence-corrected chi connectivity index (χ1v) is 5.88. The number of benzene rings is 1. The zero-order chi connectivity index (χ0) is 10.7. The second kappa shape index (κ2) is 4.46. The third kappa shape index (κ3) is 2.57. The predicted molar refractivity (Wildman–Crippen MR) is 60.3 cm³/mol. The molecule has 4 nitrogen and oxygen atoms in total. The SMILES string of the molecule is O=[SH](=O)NCCc1cc2ccccc2[nH]1. The summed E-state index contributed by atoms with van der Waals surface area (Å²) in [4.78, 5) is 3.23. The molecule has 80 valence electrons. The van der Waals surface area contributed by atoms with E-state index in [2.05, 4.69) is 9.71 Å². The van der Waals surface area contributed by atoms with Crippen molar-refractivity contribution in [1.29, 1.82) is 0 Å². The van der Waals surface area contributed by atoms with Gasteiger partial charge in [0.1, 0.15) is 0 Å². The Hall–Kier alpha value is -1.33. The topological polar surface area (TPSA) is 62.0 Å². The fraction of sp³-hybridized carbons (Fsp3) is 0.200. The van der Waals surface area contributed by atoms with Gasteiger partial charge in [0.05, 0.1) is 0 Å². The zero-order valence-corrected chi connectivity index (χ0v) is 8.96. The van der Waals surface area contributed by atoms with E-state index in [1.54, 1.807) is 0 Å². The van der Waals surface area contributed by atoms with Gasteiger partial charge < -0.3 is 4.98 Å². The summed E-state index contributed by atoms with van der Waals surface area (Å²) in [6.07, 6.45) is 0.679. The maximum atomic E-state index is 10.3. The van der Waals surface area contributed by atoms with Crippen LogP contribution in [0.5, 0.6) is 0 Å². The molecular weight excluding hydrogens is 212 g/mol. The number of aromatic nitrogens is 1. The van der Waals surface area contributed by atoms with E-state index in [0.29, 0.717) is 13.0 Å². The van der Waals surface area contributed by atoms with E-state index in [9.17, 15) is 8.42 Å². The third-order valence-corrected chi connectivity index (χ3v) is 2.70. The van der Waals surface area contributed by atoms with E-state index in [0.717, 1.165) is 16.6 Å². The third-order valence-electron chi connectivity index (χ3n) is 2.22. The summed E-state index contributed by atoms with van der Waals surface area (Å²) in [6, 6.07) is 10.0. The Balaban J connectivity index is 2.08. The van der Waals surface area contributed by atoms with Gasteiger partial charge in [-0.05, 0) is 17.5 Å². The van der Waals surface area contributed by atoms with Crippen LogP contribution < -0.4 is 4.72 Å². The van der Waals surface area contributed by atoms with Crippen LogP contribution in [0.2, 0.25) is 0 Å². The Morgan fingerprint density at radius 3 is 2.80 bits per heavy atom. The highest BCUT2D eigenvalue weighted by molar-refractivity contribution is 7.70. The zero-order valence-electron chi connectivity index (χ0n) is 8.06. The minimum atomic E-state index is -2.48. The van der Waals surface area contributed by atoms with Crippen LogP contribution in [-0.4, -0.2) is 19.9 Å². The Morgan fingerprint density at radius 2 is 2.07 bits per heavy atom. The average Bonchev–Trinajstić information content (AvgIpc) is 2.59. The first-order valence-electron chi connectivity index (χ1n) is 4.70. The van der Waals surface area contributed by atoms with Crippen molar-refractivity contribution in [3.63, 3.8) is 0 Å². The summed E-state index contributed by atoms with van der Waals surface area (Å²) in [5.74, 6) is 0. The van der Waals surface area contributed by atoms with Crippen LogP contribution in [0.3, 0.4) is 0 Å². The highest BCUT2D eigenvalue weighted by Gasteiger charge is 1.99. The Kier molecular flexibility index (Phi) is 3.03. The molecule has 5 heteroatoms. The number of aromatic amines is 1. The van der Waals surface area contributed by atoms with Gasteiger partial charge in [0, 0.05) is 24.2 Å². The van der Waals surface area contributed by atoms with E-state index in [-0.39, 0.29) is 0 Å². The smallest absolute Gasteiger partial charge is 0.201 e. The van der Waals surface area contributed by atoms with Crippen molar-refractivity contribution in [2.75, 3.05) is 6.54 Å². The van der Waals surface area contributed by atoms with E-state index >= 15 is 0 Å². The van der Waals surface area contributed by atoms with Crippen LogP contribution in [0.25, 0.3) is 10.9 Å². The molecule has 2 aromatic rings. The molecule has 1 aromatic heterocycles. The van der Waals surface area contributed by atoms with Crippen molar-refractivity contribution in [2.45, 2.75) is 6.42 Å². The molecule has 1 aromatic carbocycles. The average molecular weight is 224 g/mol. The van der Waals surface area contributed by atoms with Gasteiger partial charge in [-0.3, -0.25) is 0 Å². The van der Waals surface area contributed by atoms with Crippen LogP contribution in [-0.2, 0) is 17.3 Å². The number of hydrogen-bond acceptors (Lipinski definition) is 2. The Bertz CT molecular complexity index is 490. The summed E-state index contributed by atoms with van der Waals surface area (Å²) < 4.78 is 22.9. The number of para-hydroxylation sites is 1. The lowest BCUT2D eigenvalue weighted by Crippen LogP contribution is -2.14. The van der Waals surface area contributed by atoms with Gasteiger partial charge >= 0.3 is 0 Å². The van der Waals surface area contributed by atoms with Gasteiger partial charge in [0.15, 0.2) is 0 Å². The molecular formula is C10H12N2O2S. The summed E-state index contributed by atoms with van der Waals surface area (Å²) in [6.45, 7) is 0.436. The minimum absolute atomic E-state index is 0.436. The first-order chi connectivity index (χ1) is 7.25. The van der Waals surface area contributed by atoms with Gasteiger partial charge in [-0.15, -0.1) is 0 Å². The van der Waals surface area contributed by atoms with Crippen LogP contribution in [0.4, 0.5) is 0 Å². The molecule has 0 fully saturated rings. The normalized spacial score (nSPS) is 11.3. The highest BCUT2D eigenvalue weighted by atomic mass is 32.2. The summed E-state index contributed by atoms with van der Waals surface area (Å²) in [5.41, 5.74) is 2.12. The lowest BCUT2D eigenvalue weighted by molar-refractivity contribution is 0.601. The van der Waals surface area contributed by atoms with Crippen molar-refractivity contribution < 1.29 is 8.42 Å². The number of nitrogens with one attached hydrogen (secondary N) is 2. The minimum Gasteiger partial charge on any atom is -0.358 e. The van der Waals surface area contributed by atoms with Gasteiger partial charge in [-0.25, -0.2) is 13.1 Å². The Morgan fingerprint density at radius 1 is 1.27 bits per heavy atom. The molecule has 0 aliphatic heterocycles. The lowest BCUT2D eigenvalue weighted by Gasteiger charge is -1.94. The van der Waals surface area contributed by atoms with Crippen molar-refractivity contribution in [3.05, 3.63) is 36.0 Å². The van der Waals surface area contributed by atoms with Crippen LogP contribution >= 0.6 is 0 Å². The van der Waals surface area contributed by atoms with Crippen molar-refractivity contribution in [3.8, 4) is 0 Å². The summed E-state index contributed by atoms with van der Waals surface area (Å²) in [5, 5.41) is 1.15. The quantitative estimate of drug-likeness (QED) is 0.673. The molecule has 0 saturated heterocycles. The molecule has 0 atom stereocenters. The maximum absolute atomic E-state index is 10.3. The van der Waals surface area contributed by atoms with E-state index in [1.165, 1.54) is 0 Å². The van der Waals surface area contributed by atoms with E-state index in [4.69, 9.17) is 0 Å². The fourth-order valence-electron chi connectivity index (χ4n) is 1.55. The molecule has 1 heterocycles. The molecule has 0 unspecified atom stereocenters. The molecule has 15 heavy (non-hydrogen) atoms. The second-order valence-corrected chi connectivity index (χ2v) is 4.13. The maximum Gasteiger partial charge on any atom is 0.201 e. The lowest BCUT2D eigenvalue weighted by atomic mass is 10.2. The molecule has 2 N–H and O–H groups in total. The fourth-order valence-corrected chi connectivity index (χ4v) is 1.84. The molecule has 0 radical (unpaired) electrons. The van der Waals surface area contributed by atoms with Crippen molar-refractivity contribution in [2.24, 2.45) is 0 Å². The molecule has 2 rings (SSSR count). The van der Waals surface area contributed by atoms with Gasteiger partial charge in [-0.1, -0.05) is 18.2 Å². The number of rotatable bonds is 4. The van der Waals surface area contributed by atoms with E-state index < -0.39 is 10.9 Å². The number of hydrogen-bond donors (Lipinski definition) is 3. The molecule has 0 spiro atoms. The van der Waals surface area contributed by atoms with E-state index in [1.807, 2.05) is 30.3 Å². The molecule has 0 bridgehead atoms. The predicted octanol–water partition coefficient (Wildman–Crippen LogP) is 0.826. The standard InChI is InChI=1S/C10H12N2O2S/c13-15(14)11-6-5-9-7-8-3-1-2-4-10(8)12-9/h1-4,7,12,15H,5-6H2,(H,11,13,14). The van der Waals surface area contributed by atoms with Gasteiger partial charge in [-0.2, -0.15) is 0 Å². The monoisotopic (exact) mass is 224 g/mol. The molecule has 0 aliphatic rings. The second-order valence-electron chi connectivity index (χ2n) is 3.30. The first kappa shape index (κ1) is 10.2. The van der Waals surface area contributed by atoms with Crippen LogP contribution in [0, 0.1) is 0 Å². The summed E-state index contributed by atoms with van der Waals surface area (Å²) >= 11 is 0. The molecule has 0 amide bonds. The van der Waals surface area contributed by atoms with Crippen LogP contribution in [0.15, 0.2) is 30.3 Å². The number of fused-ring (bicyclic) bond motifs is 1. The van der Waals surface area contributed by atoms with Crippen molar-refractivity contribution >= 4 is 21.8 Å². The van der Waals surface area contributed by atoms with Gasteiger partial charge in [0.2, 0.25) is 10.9 Å². The largest absolute Gasteiger partial charge is 0.358 e. The van der Waals surface area contributed by atoms with Gasteiger partial charge in [0.25, 0.3) is 0 Å². The molecule has 0 saturated carbocycles.